The average Bonchev–Trinajstić information content (AvgIpc) is 2.74. The van der Waals surface area contributed by atoms with Crippen LogP contribution in [-0.4, -0.2) is 36.0 Å². The molecule has 15 heavy (non-hydrogen) atoms. The van der Waals surface area contributed by atoms with Gasteiger partial charge in [-0.25, -0.2) is 13.6 Å². The SMILES string of the molecule is O=C(NC1CCCC1)N1CCC(F)(F)C1. The quantitative estimate of drug-likeness (QED) is 0.717. The van der Waals surface area contributed by atoms with E-state index in [0.717, 1.165) is 25.7 Å². The molecule has 0 aromatic carbocycles. The number of amides is 2. The van der Waals surface area contributed by atoms with E-state index in [4.69, 9.17) is 0 Å². The molecule has 0 atom stereocenters. The summed E-state index contributed by atoms with van der Waals surface area (Å²) in [6.07, 6.45) is 4.01. The van der Waals surface area contributed by atoms with Crippen molar-refractivity contribution >= 4 is 6.03 Å². The molecule has 0 bridgehead atoms. The maximum Gasteiger partial charge on any atom is 0.317 e. The van der Waals surface area contributed by atoms with Crippen LogP contribution in [0.5, 0.6) is 0 Å². The van der Waals surface area contributed by atoms with Crippen LogP contribution in [0.4, 0.5) is 13.6 Å². The van der Waals surface area contributed by atoms with E-state index in [1.54, 1.807) is 0 Å². The second-order valence-electron chi connectivity index (χ2n) is 4.46. The summed E-state index contributed by atoms with van der Waals surface area (Å²) in [6.45, 7) is -0.253. The molecule has 5 heteroatoms. The summed E-state index contributed by atoms with van der Waals surface area (Å²) in [4.78, 5) is 12.8. The standard InChI is InChI=1S/C10H16F2N2O/c11-10(12)5-6-14(7-10)9(15)13-8-3-1-2-4-8/h8H,1-7H2,(H,13,15). The monoisotopic (exact) mass is 218 g/mol. The van der Waals surface area contributed by atoms with Crippen LogP contribution in [0, 0.1) is 0 Å². The molecule has 1 N–H and O–H groups in total. The smallest absolute Gasteiger partial charge is 0.317 e. The van der Waals surface area contributed by atoms with Crippen molar-refractivity contribution in [2.45, 2.75) is 44.1 Å². The van der Waals surface area contributed by atoms with E-state index in [0.29, 0.717) is 0 Å². The van der Waals surface area contributed by atoms with Crippen molar-refractivity contribution in [2.75, 3.05) is 13.1 Å². The summed E-state index contributed by atoms with van der Waals surface area (Å²) in [7, 11) is 0. The molecule has 0 aromatic rings. The number of hydrogen-bond acceptors (Lipinski definition) is 1. The maximum absolute atomic E-state index is 12.8. The highest BCUT2D eigenvalue weighted by atomic mass is 19.3. The molecule has 0 radical (unpaired) electrons. The molecule has 0 spiro atoms. The van der Waals surface area contributed by atoms with Crippen molar-refractivity contribution < 1.29 is 13.6 Å². The second-order valence-corrected chi connectivity index (χ2v) is 4.46. The number of rotatable bonds is 1. The van der Waals surface area contributed by atoms with Crippen molar-refractivity contribution in [1.29, 1.82) is 0 Å². The first-order valence-electron chi connectivity index (χ1n) is 5.50. The molecule has 86 valence electrons. The Labute approximate surface area is 87.8 Å². The molecule has 0 aromatic heterocycles. The first-order chi connectivity index (χ1) is 7.07. The Morgan fingerprint density at radius 2 is 2.00 bits per heavy atom. The number of alkyl halides is 2. The number of carbonyl (C=O) groups excluding carboxylic acids is 1. The summed E-state index contributed by atoms with van der Waals surface area (Å²) in [5.41, 5.74) is 0. The Kier molecular flexibility index (Phi) is 2.80. The zero-order valence-electron chi connectivity index (χ0n) is 8.64. The van der Waals surface area contributed by atoms with E-state index < -0.39 is 12.5 Å². The van der Waals surface area contributed by atoms with Gasteiger partial charge in [-0.3, -0.25) is 0 Å². The molecule has 1 saturated heterocycles. The lowest BCUT2D eigenvalue weighted by molar-refractivity contribution is 0.0153. The largest absolute Gasteiger partial charge is 0.335 e. The summed E-state index contributed by atoms with van der Waals surface area (Å²) >= 11 is 0. The van der Waals surface area contributed by atoms with Crippen LogP contribution in [0.3, 0.4) is 0 Å². The van der Waals surface area contributed by atoms with Gasteiger partial charge >= 0.3 is 6.03 Å². The summed E-state index contributed by atoms with van der Waals surface area (Å²) in [5, 5.41) is 2.81. The number of hydrogen-bond donors (Lipinski definition) is 1. The summed E-state index contributed by atoms with van der Waals surface area (Å²) < 4.78 is 25.7. The normalized spacial score (nSPS) is 25.9. The molecule has 3 nitrogen and oxygen atoms in total. The van der Waals surface area contributed by atoms with Gasteiger partial charge in [0.05, 0.1) is 6.54 Å². The predicted molar refractivity (Wildman–Crippen MR) is 51.9 cm³/mol. The third-order valence-electron chi connectivity index (χ3n) is 3.14. The highest BCUT2D eigenvalue weighted by Crippen LogP contribution is 2.27. The van der Waals surface area contributed by atoms with Gasteiger partial charge in [0.25, 0.3) is 5.92 Å². The Morgan fingerprint density at radius 3 is 2.53 bits per heavy atom. The minimum atomic E-state index is -2.69. The average molecular weight is 218 g/mol. The van der Waals surface area contributed by atoms with E-state index in [9.17, 15) is 13.6 Å². The van der Waals surface area contributed by atoms with Gasteiger partial charge < -0.3 is 10.2 Å². The van der Waals surface area contributed by atoms with Crippen LogP contribution in [0.15, 0.2) is 0 Å². The number of likely N-dealkylation sites (tertiary alicyclic amines) is 1. The third-order valence-corrected chi connectivity index (χ3v) is 3.14. The number of nitrogens with zero attached hydrogens (tertiary/aromatic N) is 1. The van der Waals surface area contributed by atoms with Crippen LogP contribution in [0.25, 0.3) is 0 Å². The van der Waals surface area contributed by atoms with Crippen molar-refractivity contribution in [2.24, 2.45) is 0 Å². The molecule has 0 unspecified atom stereocenters. The van der Waals surface area contributed by atoms with Gasteiger partial charge in [-0.05, 0) is 12.8 Å². The summed E-state index contributed by atoms with van der Waals surface area (Å²) in [5.74, 6) is -2.69. The number of halogens is 2. The Hall–Kier alpha value is -0.870. The fraction of sp³-hybridized carbons (Fsp3) is 0.900. The molecule has 2 rings (SSSR count). The van der Waals surface area contributed by atoms with Gasteiger partial charge in [0, 0.05) is 19.0 Å². The van der Waals surface area contributed by atoms with Gasteiger partial charge in [-0.15, -0.1) is 0 Å². The molecule has 2 fully saturated rings. The van der Waals surface area contributed by atoms with Crippen LogP contribution in [-0.2, 0) is 0 Å². The number of nitrogens with one attached hydrogen (secondary N) is 1. The van der Waals surface area contributed by atoms with Crippen molar-refractivity contribution in [3.05, 3.63) is 0 Å². The van der Waals surface area contributed by atoms with Gasteiger partial charge in [0.1, 0.15) is 0 Å². The first kappa shape index (κ1) is 10.6. The Balaban J connectivity index is 1.81. The van der Waals surface area contributed by atoms with Crippen LogP contribution in [0.1, 0.15) is 32.1 Å². The zero-order valence-corrected chi connectivity index (χ0v) is 8.64. The van der Waals surface area contributed by atoms with E-state index in [2.05, 4.69) is 5.32 Å². The molecule has 1 heterocycles. The lowest BCUT2D eigenvalue weighted by atomic mass is 10.2. The van der Waals surface area contributed by atoms with Crippen LogP contribution in [0.2, 0.25) is 0 Å². The minimum Gasteiger partial charge on any atom is -0.335 e. The Bertz CT molecular complexity index is 252. The maximum atomic E-state index is 12.8. The summed E-state index contributed by atoms with van der Waals surface area (Å²) in [6, 6.07) is -0.120. The lowest BCUT2D eigenvalue weighted by Crippen LogP contribution is -2.43. The predicted octanol–water partition coefficient (Wildman–Crippen LogP) is 1.98. The molecule has 1 aliphatic heterocycles. The molecule has 2 amide bonds. The van der Waals surface area contributed by atoms with Crippen molar-refractivity contribution in [3.8, 4) is 0 Å². The van der Waals surface area contributed by atoms with E-state index in [-0.39, 0.29) is 25.0 Å². The second kappa shape index (κ2) is 3.94. The number of carbonyl (C=O) groups is 1. The van der Waals surface area contributed by atoms with E-state index in [1.165, 1.54) is 4.90 Å². The van der Waals surface area contributed by atoms with Crippen molar-refractivity contribution in [3.63, 3.8) is 0 Å². The van der Waals surface area contributed by atoms with Gasteiger partial charge in [0.2, 0.25) is 0 Å². The fourth-order valence-corrected chi connectivity index (χ4v) is 2.25. The minimum absolute atomic E-state index is 0.172. The van der Waals surface area contributed by atoms with Gasteiger partial charge in [-0.2, -0.15) is 0 Å². The Morgan fingerprint density at radius 1 is 1.33 bits per heavy atom. The van der Waals surface area contributed by atoms with E-state index in [1.807, 2.05) is 0 Å². The molecule has 1 aliphatic carbocycles. The first-order valence-corrected chi connectivity index (χ1v) is 5.50. The van der Waals surface area contributed by atoms with Crippen molar-refractivity contribution in [1.82, 2.24) is 10.2 Å². The highest BCUT2D eigenvalue weighted by molar-refractivity contribution is 5.75. The number of urea groups is 1. The molecular formula is C10H16F2N2O. The molecular weight excluding hydrogens is 202 g/mol. The van der Waals surface area contributed by atoms with Crippen LogP contribution >= 0.6 is 0 Å². The lowest BCUT2D eigenvalue weighted by Gasteiger charge is -2.20. The molecule has 1 saturated carbocycles. The van der Waals surface area contributed by atoms with Gasteiger partial charge in [0.15, 0.2) is 0 Å². The van der Waals surface area contributed by atoms with Crippen LogP contribution < -0.4 is 5.32 Å². The zero-order chi connectivity index (χ0) is 10.9. The highest BCUT2D eigenvalue weighted by Gasteiger charge is 2.40. The van der Waals surface area contributed by atoms with Gasteiger partial charge in [-0.1, -0.05) is 12.8 Å². The molecule has 2 aliphatic rings. The van der Waals surface area contributed by atoms with E-state index >= 15 is 0 Å². The third kappa shape index (κ3) is 2.58. The fourth-order valence-electron chi connectivity index (χ4n) is 2.25. The topological polar surface area (TPSA) is 32.3 Å².